The van der Waals surface area contributed by atoms with Gasteiger partial charge in [-0.05, 0) is 99.3 Å². The number of thiophene rings is 1. The Kier molecular flexibility index (Phi) is 6.90. The minimum absolute atomic E-state index is 0.482. The third-order valence-electron chi connectivity index (χ3n) is 9.50. The molecule has 0 aliphatic heterocycles. The number of hydrogen-bond donors (Lipinski definition) is 2. The van der Waals surface area contributed by atoms with Gasteiger partial charge in [0.25, 0.3) is 0 Å². The predicted octanol–water partition coefficient (Wildman–Crippen LogP) is 9.55. The first-order valence-electron chi connectivity index (χ1n) is 15.4. The highest BCUT2D eigenvalue weighted by atomic mass is 32.1. The van der Waals surface area contributed by atoms with Crippen molar-refractivity contribution in [2.75, 3.05) is 7.05 Å². The topological polar surface area (TPSA) is 64.4 Å². The van der Waals surface area contributed by atoms with E-state index >= 15 is 0 Å². The van der Waals surface area contributed by atoms with Crippen molar-refractivity contribution in [2.24, 2.45) is 16.5 Å². The molecule has 5 aromatic rings. The van der Waals surface area contributed by atoms with Gasteiger partial charge in [0.05, 0.1) is 5.41 Å². The minimum atomic E-state index is -0.482. The maximum Gasteiger partial charge on any atom is 0.0726 e. The lowest BCUT2D eigenvalue weighted by molar-refractivity contribution is 0.793. The van der Waals surface area contributed by atoms with Crippen LogP contribution in [0.25, 0.3) is 49.6 Å². The van der Waals surface area contributed by atoms with Crippen LogP contribution in [0.1, 0.15) is 71.0 Å². The summed E-state index contributed by atoms with van der Waals surface area (Å²) in [5.74, 6) is 0. The third-order valence-corrected chi connectivity index (χ3v) is 10.9. The summed E-state index contributed by atoms with van der Waals surface area (Å²) < 4.78 is 1.37. The fourth-order valence-electron chi connectivity index (χ4n) is 7.65. The van der Waals surface area contributed by atoms with Gasteiger partial charge in [0.2, 0.25) is 0 Å². The summed E-state index contributed by atoms with van der Waals surface area (Å²) in [7, 11) is 1.79. The Morgan fingerprint density at radius 1 is 0.818 bits per heavy atom. The van der Waals surface area contributed by atoms with E-state index < -0.39 is 5.41 Å². The van der Waals surface area contributed by atoms with Crippen LogP contribution in [0, 0.1) is 0 Å². The van der Waals surface area contributed by atoms with Gasteiger partial charge in [0.1, 0.15) is 0 Å². The van der Waals surface area contributed by atoms with Crippen LogP contribution in [0.5, 0.6) is 0 Å². The Labute approximate surface area is 264 Å². The molecule has 2 aliphatic rings. The lowest BCUT2D eigenvalue weighted by Crippen LogP contribution is -2.26. The molecule has 218 valence electrons. The van der Waals surface area contributed by atoms with Gasteiger partial charge in [-0.1, -0.05) is 86.7 Å². The van der Waals surface area contributed by atoms with Crippen molar-refractivity contribution >= 4 is 44.9 Å². The van der Waals surface area contributed by atoms with Crippen LogP contribution >= 0.6 is 11.3 Å². The average Bonchev–Trinajstić information content (AvgIpc) is 3.67. The van der Waals surface area contributed by atoms with Crippen molar-refractivity contribution in [1.82, 2.24) is 0 Å². The smallest absolute Gasteiger partial charge is 0.0726 e. The maximum atomic E-state index is 6.16. The molecule has 0 bridgehead atoms. The lowest BCUT2D eigenvalue weighted by Gasteiger charge is -2.31. The van der Waals surface area contributed by atoms with Crippen molar-refractivity contribution < 1.29 is 0 Å². The molecule has 1 unspecified atom stereocenters. The summed E-state index contributed by atoms with van der Waals surface area (Å²) >= 11 is 1.95. The Balaban J connectivity index is 1.65. The molecular weight excluding hydrogens is 555 g/mol. The van der Waals surface area contributed by atoms with Crippen LogP contribution in [-0.4, -0.2) is 13.3 Å². The fraction of sp³-hybridized carbons (Fsp3) is 0.175. The van der Waals surface area contributed by atoms with E-state index in [2.05, 4.69) is 111 Å². The van der Waals surface area contributed by atoms with E-state index in [1.54, 1.807) is 19.4 Å². The van der Waals surface area contributed by atoms with E-state index in [9.17, 15) is 0 Å². The second kappa shape index (κ2) is 10.8. The van der Waals surface area contributed by atoms with Gasteiger partial charge in [0.15, 0.2) is 0 Å². The van der Waals surface area contributed by atoms with Crippen molar-refractivity contribution in [3.05, 3.63) is 135 Å². The average molecular weight is 592 g/mol. The Bertz CT molecular complexity index is 2090. The molecule has 0 amide bonds. The second-order valence-corrected chi connectivity index (χ2v) is 12.6. The SMILES string of the molecule is C/C=C\c1c(CC)sc2c3c(ccc12)C1(c2cc(/C(C=NC)=C/N)ccc2-c2ccc(/C(=C/N)CC)cc21)c1ccccc1-3. The van der Waals surface area contributed by atoms with Gasteiger partial charge in [-0.3, -0.25) is 4.99 Å². The molecule has 4 heteroatoms. The zero-order valence-electron chi connectivity index (χ0n) is 25.7. The monoisotopic (exact) mass is 591 g/mol. The van der Waals surface area contributed by atoms with E-state index in [0.717, 1.165) is 29.6 Å². The molecule has 3 nitrogen and oxygen atoms in total. The summed E-state index contributed by atoms with van der Waals surface area (Å²) in [5.41, 5.74) is 27.9. The quantitative estimate of drug-likeness (QED) is 0.189. The molecule has 0 fully saturated rings. The van der Waals surface area contributed by atoms with E-state index in [4.69, 9.17) is 11.5 Å². The van der Waals surface area contributed by atoms with Crippen molar-refractivity contribution in [3.8, 4) is 22.3 Å². The number of fused-ring (bicyclic) bond motifs is 12. The Hall–Kier alpha value is -4.67. The summed E-state index contributed by atoms with van der Waals surface area (Å²) in [4.78, 5) is 5.73. The van der Waals surface area contributed by atoms with Gasteiger partial charge in [0, 0.05) is 45.6 Å². The van der Waals surface area contributed by atoms with E-state index in [1.807, 2.05) is 17.6 Å². The summed E-state index contributed by atoms with van der Waals surface area (Å²) in [6.07, 6.45) is 11.6. The summed E-state index contributed by atoms with van der Waals surface area (Å²) in [5, 5.41) is 1.34. The molecule has 1 atom stereocenters. The van der Waals surface area contributed by atoms with Crippen LogP contribution in [-0.2, 0) is 11.8 Å². The number of aryl methyl sites for hydroxylation is 1. The third kappa shape index (κ3) is 3.70. The summed E-state index contributed by atoms with van der Waals surface area (Å²) in [6, 6.07) is 27.5. The molecule has 44 heavy (non-hydrogen) atoms. The fourth-order valence-corrected chi connectivity index (χ4v) is 8.94. The normalized spacial score (nSPS) is 17.2. The second-order valence-electron chi connectivity index (χ2n) is 11.5. The first kappa shape index (κ1) is 28.1. The molecule has 2 aliphatic carbocycles. The Morgan fingerprint density at radius 3 is 2.20 bits per heavy atom. The molecule has 0 saturated carbocycles. The predicted molar refractivity (Wildman–Crippen MR) is 191 cm³/mol. The number of nitrogens with two attached hydrogens (primary N) is 2. The van der Waals surface area contributed by atoms with Crippen LogP contribution in [0.15, 0.2) is 96.3 Å². The van der Waals surface area contributed by atoms with E-state index in [-0.39, 0.29) is 0 Å². The van der Waals surface area contributed by atoms with Crippen molar-refractivity contribution in [2.45, 2.75) is 39.0 Å². The number of hydrogen-bond acceptors (Lipinski definition) is 4. The van der Waals surface area contributed by atoms with Gasteiger partial charge < -0.3 is 11.5 Å². The van der Waals surface area contributed by atoms with Gasteiger partial charge in [-0.15, -0.1) is 11.3 Å². The molecule has 0 saturated heterocycles. The number of benzene rings is 4. The van der Waals surface area contributed by atoms with Crippen LogP contribution in [0.2, 0.25) is 0 Å². The Morgan fingerprint density at radius 2 is 1.55 bits per heavy atom. The van der Waals surface area contributed by atoms with E-state index in [1.165, 1.54) is 70.6 Å². The van der Waals surface area contributed by atoms with Crippen molar-refractivity contribution in [3.63, 3.8) is 0 Å². The zero-order valence-corrected chi connectivity index (χ0v) is 26.6. The molecule has 1 aromatic heterocycles. The molecule has 1 spiro atoms. The van der Waals surface area contributed by atoms with Gasteiger partial charge >= 0.3 is 0 Å². The van der Waals surface area contributed by atoms with Crippen LogP contribution in [0.3, 0.4) is 0 Å². The van der Waals surface area contributed by atoms with Gasteiger partial charge in [-0.2, -0.15) is 0 Å². The standard InChI is InChI=1S/C40H37N3S/c1-5-10-30-31-17-18-34-38(39(31)44-37(30)7-3)32-11-8-9-12-33(32)40(34)35-19-25(24(6-2)21-41)13-15-28(35)29-16-14-26(20-36(29)40)27(22-42)23-43-4/h5,8-23H,6-7,41-42H2,1-4H3/b10-5-,24-21+,27-22+,43-23?. The molecule has 0 radical (unpaired) electrons. The highest BCUT2D eigenvalue weighted by molar-refractivity contribution is 7.20. The molecule has 1 heterocycles. The largest absolute Gasteiger partial charge is 0.404 e. The highest BCUT2D eigenvalue weighted by Gasteiger charge is 2.52. The maximum absolute atomic E-state index is 6.16. The summed E-state index contributed by atoms with van der Waals surface area (Å²) in [6.45, 7) is 6.54. The first-order chi connectivity index (χ1) is 21.6. The molecular formula is C40H37N3S. The number of rotatable bonds is 6. The molecule has 4 aromatic carbocycles. The van der Waals surface area contributed by atoms with Crippen molar-refractivity contribution in [1.29, 1.82) is 0 Å². The van der Waals surface area contributed by atoms with E-state index in [0.29, 0.717) is 0 Å². The lowest BCUT2D eigenvalue weighted by atomic mass is 9.70. The zero-order chi connectivity index (χ0) is 30.6. The highest BCUT2D eigenvalue weighted by Crippen LogP contribution is 2.64. The molecule has 4 N–H and O–H groups in total. The van der Waals surface area contributed by atoms with Crippen LogP contribution in [0.4, 0.5) is 0 Å². The van der Waals surface area contributed by atoms with Gasteiger partial charge in [-0.25, -0.2) is 0 Å². The molecule has 7 rings (SSSR count). The van der Waals surface area contributed by atoms with Crippen LogP contribution < -0.4 is 11.5 Å². The number of allylic oxidation sites excluding steroid dienone is 3. The number of aliphatic imine (C=N–C) groups is 1. The first-order valence-corrected chi connectivity index (χ1v) is 16.2. The minimum Gasteiger partial charge on any atom is -0.404 e. The number of nitrogens with zero attached hydrogens (tertiary/aromatic N) is 1.